The Morgan fingerprint density at radius 2 is 1.88 bits per heavy atom. The van der Waals surface area contributed by atoms with E-state index in [1.165, 1.54) is 4.90 Å². The van der Waals surface area contributed by atoms with Crippen molar-refractivity contribution in [2.24, 2.45) is 0 Å². The molecule has 2 saturated heterocycles. The van der Waals surface area contributed by atoms with Gasteiger partial charge in [0.1, 0.15) is 0 Å². The van der Waals surface area contributed by atoms with E-state index in [-0.39, 0.29) is 17.2 Å². The predicted octanol–water partition coefficient (Wildman–Crippen LogP) is 3.36. The summed E-state index contributed by atoms with van der Waals surface area (Å²) in [7, 11) is 0. The molecule has 1 unspecified atom stereocenters. The highest BCUT2D eigenvalue weighted by molar-refractivity contribution is 8.18. The molecule has 0 aromatic heterocycles. The van der Waals surface area contributed by atoms with Crippen molar-refractivity contribution in [3.05, 3.63) is 34.7 Å². The van der Waals surface area contributed by atoms with Crippen LogP contribution in [0.2, 0.25) is 0 Å². The first kappa shape index (κ1) is 17.0. The van der Waals surface area contributed by atoms with Crippen molar-refractivity contribution >= 4 is 34.7 Å². The Balaban J connectivity index is 1.74. The monoisotopic (exact) mass is 346 g/mol. The molecule has 0 radical (unpaired) electrons. The lowest BCUT2D eigenvalue weighted by Gasteiger charge is -2.28. The van der Waals surface area contributed by atoms with Crippen LogP contribution >= 0.6 is 11.8 Å². The number of carbonyl (C=O) groups excluding carboxylic acids is 2. The molecule has 1 aromatic carbocycles. The Kier molecular flexibility index (Phi) is 5.26. The molecule has 5 nitrogen and oxygen atoms in total. The van der Waals surface area contributed by atoms with Crippen molar-refractivity contribution in [1.82, 2.24) is 4.90 Å². The van der Waals surface area contributed by atoms with E-state index < -0.39 is 0 Å². The second-order valence-corrected chi connectivity index (χ2v) is 6.99. The van der Waals surface area contributed by atoms with Crippen molar-refractivity contribution in [2.75, 3.05) is 31.2 Å². The number of rotatable bonds is 4. The Morgan fingerprint density at radius 1 is 1.21 bits per heavy atom. The minimum Gasteiger partial charge on any atom is -0.378 e. The van der Waals surface area contributed by atoms with Gasteiger partial charge >= 0.3 is 0 Å². The van der Waals surface area contributed by atoms with E-state index >= 15 is 0 Å². The zero-order chi connectivity index (χ0) is 17.1. The van der Waals surface area contributed by atoms with Crippen LogP contribution in [0.3, 0.4) is 0 Å². The summed E-state index contributed by atoms with van der Waals surface area (Å²) < 4.78 is 5.37. The summed E-state index contributed by atoms with van der Waals surface area (Å²) in [6.45, 7) is 7.17. The van der Waals surface area contributed by atoms with E-state index in [1.807, 2.05) is 26.0 Å². The van der Waals surface area contributed by atoms with E-state index in [0.717, 1.165) is 55.7 Å². The van der Waals surface area contributed by atoms with Crippen molar-refractivity contribution in [3.8, 4) is 0 Å². The van der Waals surface area contributed by atoms with Gasteiger partial charge < -0.3 is 9.64 Å². The molecule has 24 heavy (non-hydrogen) atoms. The third-order valence-corrected chi connectivity index (χ3v) is 5.31. The summed E-state index contributed by atoms with van der Waals surface area (Å²) >= 11 is 1.02. The van der Waals surface area contributed by atoms with Gasteiger partial charge in [0.15, 0.2) is 0 Å². The highest BCUT2D eigenvalue weighted by Gasteiger charge is 2.37. The van der Waals surface area contributed by atoms with Crippen LogP contribution in [-0.4, -0.2) is 48.4 Å². The molecule has 3 rings (SSSR count). The van der Waals surface area contributed by atoms with Gasteiger partial charge in [0, 0.05) is 24.8 Å². The zero-order valence-corrected chi connectivity index (χ0v) is 14.8. The Bertz CT molecular complexity index is 651. The van der Waals surface area contributed by atoms with Crippen molar-refractivity contribution in [3.63, 3.8) is 0 Å². The Labute approximate surface area is 146 Å². The van der Waals surface area contributed by atoms with Gasteiger partial charge in [-0.05, 0) is 48.9 Å². The summed E-state index contributed by atoms with van der Waals surface area (Å²) in [5.41, 5.74) is 2.09. The molecule has 128 valence electrons. The fraction of sp³-hybridized carbons (Fsp3) is 0.444. The average molecular weight is 346 g/mol. The lowest BCUT2D eigenvalue weighted by atomic mass is 10.1. The van der Waals surface area contributed by atoms with Crippen molar-refractivity contribution < 1.29 is 14.3 Å². The van der Waals surface area contributed by atoms with Gasteiger partial charge in [0.05, 0.1) is 18.1 Å². The van der Waals surface area contributed by atoms with Crippen LogP contribution in [0.25, 0.3) is 6.08 Å². The number of imide groups is 1. The van der Waals surface area contributed by atoms with Crippen LogP contribution in [0.4, 0.5) is 10.5 Å². The standard InChI is InChI=1S/C18H22N2O3S/c1-3-13(2)20-17(21)16(24-18(20)22)12-14-4-6-15(7-5-14)19-8-10-23-11-9-19/h4-7,12-13H,3,8-11H2,1-2H3. The van der Waals surface area contributed by atoms with E-state index in [1.54, 1.807) is 6.08 Å². The molecule has 6 heteroatoms. The third kappa shape index (κ3) is 3.49. The predicted molar refractivity (Wildman–Crippen MR) is 97.0 cm³/mol. The summed E-state index contributed by atoms with van der Waals surface area (Å²) in [5, 5.41) is -0.175. The maximum atomic E-state index is 12.4. The molecule has 1 atom stereocenters. The van der Waals surface area contributed by atoms with Crippen LogP contribution in [0, 0.1) is 0 Å². The fourth-order valence-electron chi connectivity index (χ4n) is 2.80. The van der Waals surface area contributed by atoms with Crippen molar-refractivity contribution in [1.29, 1.82) is 0 Å². The first-order valence-electron chi connectivity index (χ1n) is 8.30. The molecular weight excluding hydrogens is 324 g/mol. The highest BCUT2D eigenvalue weighted by atomic mass is 32.2. The van der Waals surface area contributed by atoms with E-state index in [4.69, 9.17) is 4.74 Å². The first-order valence-corrected chi connectivity index (χ1v) is 9.11. The number of anilines is 1. The lowest BCUT2D eigenvalue weighted by molar-refractivity contribution is -0.124. The van der Waals surface area contributed by atoms with Gasteiger partial charge in [0.2, 0.25) is 0 Å². The number of hydrogen-bond acceptors (Lipinski definition) is 5. The quantitative estimate of drug-likeness (QED) is 0.783. The summed E-state index contributed by atoms with van der Waals surface area (Å²) in [4.78, 5) is 28.6. The van der Waals surface area contributed by atoms with Crippen LogP contribution in [-0.2, 0) is 9.53 Å². The van der Waals surface area contributed by atoms with Crippen LogP contribution in [0.1, 0.15) is 25.8 Å². The molecule has 0 aliphatic carbocycles. The van der Waals surface area contributed by atoms with Gasteiger partial charge in [-0.2, -0.15) is 0 Å². The molecule has 2 amide bonds. The molecule has 1 aromatic rings. The van der Waals surface area contributed by atoms with E-state index in [2.05, 4.69) is 17.0 Å². The fourth-order valence-corrected chi connectivity index (χ4v) is 3.73. The minimum atomic E-state index is -0.184. The number of hydrogen-bond donors (Lipinski definition) is 0. The Morgan fingerprint density at radius 3 is 2.50 bits per heavy atom. The minimum absolute atomic E-state index is 0.0629. The second kappa shape index (κ2) is 7.40. The number of ether oxygens (including phenoxy) is 1. The summed E-state index contributed by atoms with van der Waals surface area (Å²) in [6.07, 6.45) is 2.57. The molecular formula is C18H22N2O3S. The molecule has 0 N–H and O–H groups in total. The number of benzene rings is 1. The highest BCUT2D eigenvalue weighted by Crippen LogP contribution is 2.34. The smallest absolute Gasteiger partial charge is 0.293 e. The molecule has 2 aliphatic rings. The molecule has 0 bridgehead atoms. The number of thioether (sulfide) groups is 1. The maximum absolute atomic E-state index is 12.4. The number of amides is 2. The SMILES string of the molecule is CCC(C)N1C(=O)SC(=Cc2ccc(N3CCOCC3)cc2)C1=O. The molecule has 2 heterocycles. The normalized spacial score (nSPS) is 21.7. The van der Waals surface area contributed by atoms with Crippen LogP contribution < -0.4 is 4.90 Å². The lowest BCUT2D eigenvalue weighted by Crippen LogP contribution is -2.36. The van der Waals surface area contributed by atoms with Gasteiger partial charge in [0.25, 0.3) is 11.1 Å². The molecule has 2 aliphatic heterocycles. The Hall–Kier alpha value is -1.79. The number of nitrogens with zero attached hydrogens (tertiary/aromatic N) is 2. The largest absolute Gasteiger partial charge is 0.378 e. The topological polar surface area (TPSA) is 49.9 Å². The number of morpholine rings is 1. The third-order valence-electron chi connectivity index (χ3n) is 4.42. The first-order chi connectivity index (χ1) is 11.6. The zero-order valence-electron chi connectivity index (χ0n) is 14.0. The van der Waals surface area contributed by atoms with Crippen LogP contribution in [0.5, 0.6) is 0 Å². The maximum Gasteiger partial charge on any atom is 0.293 e. The van der Waals surface area contributed by atoms with Gasteiger partial charge in [-0.3, -0.25) is 14.5 Å². The molecule has 0 saturated carbocycles. The van der Waals surface area contributed by atoms with Gasteiger partial charge in [-0.25, -0.2) is 0 Å². The van der Waals surface area contributed by atoms with E-state index in [9.17, 15) is 9.59 Å². The summed E-state index contributed by atoms with van der Waals surface area (Å²) in [5.74, 6) is -0.184. The van der Waals surface area contributed by atoms with Crippen molar-refractivity contribution in [2.45, 2.75) is 26.3 Å². The van der Waals surface area contributed by atoms with Crippen LogP contribution in [0.15, 0.2) is 29.2 Å². The average Bonchev–Trinajstić information content (AvgIpc) is 2.89. The van der Waals surface area contributed by atoms with Gasteiger partial charge in [-0.15, -0.1) is 0 Å². The van der Waals surface area contributed by atoms with Gasteiger partial charge in [-0.1, -0.05) is 19.1 Å². The summed E-state index contributed by atoms with van der Waals surface area (Å²) in [6, 6.07) is 8.02. The van der Waals surface area contributed by atoms with E-state index in [0.29, 0.717) is 4.91 Å². The second-order valence-electron chi connectivity index (χ2n) is 6.00. The molecule has 2 fully saturated rings. The number of carbonyl (C=O) groups is 2. The molecule has 0 spiro atoms.